The summed E-state index contributed by atoms with van der Waals surface area (Å²) in [7, 11) is 0. The zero-order valence-corrected chi connectivity index (χ0v) is 11.4. The van der Waals surface area contributed by atoms with Crippen molar-refractivity contribution in [3.8, 4) is 0 Å². The Morgan fingerprint density at radius 1 is 1.42 bits per heavy atom. The van der Waals surface area contributed by atoms with Crippen LogP contribution in [-0.2, 0) is 4.74 Å². The number of hydrogen-bond donors (Lipinski definition) is 1. The van der Waals surface area contributed by atoms with E-state index in [1.807, 2.05) is 31.6 Å². The highest BCUT2D eigenvalue weighted by Crippen LogP contribution is 2.14. The van der Waals surface area contributed by atoms with Gasteiger partial charge in [-0.2, -0.15) is 18.3 Å². The molecule has 0 spiro atoms. The Labute approximate surface area is 110 Å². The fourth-order valence-corrected chi connectivity index (χ4v) is 1.60. The maximum atomic E-state index is 11.8. The molecule has 19 heavy (non-hydrogen) atoms. The highest BCUT2D eigenvalue weighted by molar-refractivity contribution is 5.00. The van der Waals surface area contributed by atoms with Crippen molar-refractivity contribution in [2.45, 2.75) is 39.0 Å². The average molecular weight is 279 g/mol. The van der Waals surface area contributed by atoms with Crippen LogP contribution in [0.25, 0.3) is 0 Å². The van der Waals surface area contributed by atoms with Crippen molar-refractivity contribution >= 4 is 0 Å². The molecular formula is C12H20F3N3O. The number of rotatable bonds is 7. The van der Waals surface area contributed by atoms with Gasteiger partial charge in [-0.25, -0.2) is 0 Å². The third-order valence-electron chi connectivity index (χ3n) is 2.85. The Hall–Kier alpha value is -1.08. The summed E-state index contributed by atoms with van der Waals surface area (Å²) in [4.78, 5) is 0. The zero-order chi connectivity index (χ0) is 14.5. The summed E-state index contributed by atoms with van der Waals surface area (Å²) in [6.45, 7) is 5.14. The van der Waals surface area contributed by atoms with Crippen LogP contribution in [0.15, 0.2) is 12.4 Å². The first-order valence-electron chi connectivity index (χ1n) is 6.18. The molecule has 1 aromatic heterocycles. The molecule has 0 unspecified atom stereocenters. The van der Waals surface area contributed by atoms with Gasteiger partial charge >= 0.3 is 6.18 Å². The lowest BCUT2D eigenvalue weighted by molar-refractivity contribution is -0.173. The molecule has 1 rings (SSSR count). The van der Waals surface area contributed by atoms with Crippen LogP contribution in [0.2, 0.25) is 0 Å². The summed E-state index contributed by atoms with van der Waals surface area (Å²) in [5, 5.41) is 7.33. The van der Waals surface area contributed by atoms with E-state index < -0.39 is 12.8 Å². The molecule has 0 radical (unpaired) electrons. The molecule has 0 saturated heterocycles. The lowest BCUT2D eigenvalue weighted by Gasteiger charge is -2.21. The van der Waals surface area contributed by atoms with Crippen LogP contribution >= 0.6 is 0 Å². The second-order valence-corrected chi connectivity index (χ2v) is 4.65. The quantitative estimate of drug-likeness (QED) is 0.778. The van der Waals surface area contributed by atoms with Gasteiger partial charge in [-0.3, -0.25) is 4.68 Å². The van der Waals surface area contributed by atoms with E-state index in [0.29, 0.717) is 6.54 Å². The molecule has 0 saturated carbocycles. The van der Waals surface area contributed by atoms with E-state index in [2.05, 4.69) is 15.2 Å². The van der Waals surface area contributed by atoms with Crippen molar-refractivity contribution in [1.29, 1.82) is 0 Å². The van der Waals surface area contributed by atoms with Gasteiger partial charge in [-0.05, 0) is 26.3 Å². The second kappa shape index (κ2) is 6.91. The molecule has 7 heteroatoms. The van der Waals surface area contributed by atoms with Crippen LogP contribution in [0.3, 0.4) is 0 Å². The highest BCUT2D eigenvalue weighted by atomic mass is 19.4. The maximum Gasteiger partial charge on any atom is 0.411 e. The van der Waals surface area contributed by atoms with Gasteiger partial charge in [0, 0.05) is 18.8 Å². The Morgan fingerprint density at radius 3 is 2.63 bits per heavy atom. The molecule has 110 valence electrons. The summed E-state index contributed by atoms with van der Waals surface area (Å²) >= 11 is 0. The lowest BCUT2D eigenvalue weighted by Crippen LogP contribution is -2.36. The van der Waals surface area contributed by atoms with Crippen LogP contribution in [0, 0.1) is 6.92 Å². The Morgan fingerprint density at radius 2 is 2.11 bits per heavy atom. The van der Waals surface area contributed by atoms with E-state index in [0.717, 1.165) is 5.56 Å². The normalized spacial score (nSPS) is 15.5. The number of aromatic nitrogens is 2. The predicted octanol–water partition coefficient (Wildman–Crippen LogP) is 2.31. The second-order valence-electron chi connectivity index (χ2n) is 4.65. The number of alkyl halides is 3. The predicted molar refractivity (Wildman–Crippen MR) is 66.0 cm³/mol. The van der Waals surface area contributed by atoms with Gasteiger partial charge in [-0.1, -0.05) is 0 Å². The maximum absolute atomic E-state index is 11.8. The first-order chi connectivity index (χ1) is 8.79. The van der Waals surface area contributed by atoms with Crippen LogP contribution in [0.4, 0.5) is 13.2 Å². The van der Waals surface area contributed by atoms with Gasteiger partial charge < -0.3 is 10.1 Å². The number of halogens is 3. The molecule has 0 aliphatic rings. The molecule has 0 aromatic carbocycles. The van der Waals surface area contributed by atoms with E-state index in [-0.39, 0.29) is 18.7 Å². The Balaban J connectivity index is 2.22. The number of ether oxygens (including phenoxy) is 1. The van der Waals surface area contributed by atoms with E-state index >= 15 is 0 Å². The largest absolute Gasteiger partial charge is 0.411 e. The van der Waals surface area contributed by atoms with E-state index in [9.17, 15) is 13.2 Å². The molecule has 0 bridgehead atoms. The molecule has 0 fully saturated rings. The van der Waals surface area contributed by atoms with Gasteiger partial charge in [-0.15, -0.1) is 0 Å². The van der Waals surface area contributed by atoms with Crippen molar-refractivity contribution in [2.24, 2.45) is 0 Å². The minimum absolute atomic E-state index is 0.0364. The average Bonchev–Trinajstić information content (AvgIpc) is 2.72. The van der Waals surface area contributed by atoms with E-state index in [1.54, 1.807) is 6.20 Å². The minimum Gasteiger partial charge on any atom is -0.371 e. The van der Waals surface area contributed by atoms with Crippen molar-refractivity contribution in [3.63, 3.8) is 0 Å². The van der Waals surface area contributed by atoms with Crippen molar-refractivity contribution in [2.75, 3.05) is 19.8 Å². The van der Waals surface area contributed by atoms with E-state index in [4.69, 9.17) is 0 Å². The smallest absolute Gasteiger partial charge is 0.371 e. The highest BCUT2D eigenvalue weighted by Gasteiger charge is 2.27. The number of nitrogens with one attached hydrogen (secondary N) is 1. The molecular weight excluding hydrogens is 259 g/mol. The summed E-state index contributed by atoms with van der Waals surface area (Å²) in [5.41, 5.74) is 1.08. The number of aryl methyl sites for hydroxylation is 1. The molecule has 1 heterocycles. The van der Waals surface area contributed by atoms with Crippen LogP contribution in [0.5, 0.6) is 0 Å². The first-order valence-corrected chi connectivity index (χ1v) is 6.18. The van der Waals surface area contributed by atoms with Crippen LogP contribution in [0.1, 0.15) is 25.5 Å². The van der Waals surface area contributed by atoms with Crippen LogP contribution < -0.4 is 5.32 Å². The van der Waals surface area contributed by atoms with Crippen molar-refractivity contribution in [3.05, 3.63) is 18.0 Å². The van der Waals surface area contributed by atoms with E-state index in [1.165, 1.54) is 0 Å². The van der Waals surface area contributed by atoms with Gasteiger partial charge in [0.2, 0.25) is 0 Å². The van der Waals surface area contributed by atoms with Gasteiger partial charge in [0.1, 0.15) is 6.61 Å². The SMILES string of the molecule is Cc1cnn([C@H](C)[C@@H](C)NCCOCC(F)(F)F)c1. The summed E-state index contributed by atoms with van der Waals surface area (Å²) in [6, 6.07) is 0.213. The van der Waals surface area contributed by atoms with Gasteiger partial charge in [0.15, 0.2) is 0 Å². The number of nitrogens with zero attached hydrogens (tertiary/aromatic N) is 2. The monoisotopic (exact) mass is 279 g/mol. The standard InChI is InChI=1S/C12H20F3N3O/c1-9-6-17-18(7-9)11(3)10(2)16-4-5-19-8-12(13,14)15/h6-7,10-11,16H,4-5,8H2,1-3H3/t10-,11-/m1/s1. The van der Waals surface area contributed by atoms with Crippen molar-refractivity contribution < 1.29 is 17.9 Å². The number of hydrogen-bond acceptors (Lipinski definition) is 3. The summed E-state index contributed by atoms with van der Waals surface area (Å²) in [5.74, 6) is 0. The summed E-state index contributed by atoms with van der Waals surface area (Å²) < 4.78 is 41.9. The molecule has 0 aliphatic carbocycles. The molecule has 1 N–H and O–H groups in total. The molecule has 4 nitrogen and oxygen atoms in total. The lowest BCUT2D eigenvalue weighted by atomic mass is 10.2. The molecule has 1 aromatic rings. The zero-order valence-electron chi connectivity index (χ0n) is 11.4. The topological polar surface area (TPSA) is 39.1 Å². The third-order valence-corrected chi connectivity index (χ3v) is 2.85. The molecule has 0 amide bonds. The molecule has 2 atom stereocenters. The summed E-state index contributed by atoms with van der Waals surface area (Å²) in [6.07, 6.45) is -0.551. The van der Waals surface area contributed by atoms with Gasteiger partial charge in [0.05, 0.1) is 18.8 Å². The van der Waals surface area contributed by atoms with Gasteiger partial charge in [0.25, 0.3) is 0 Å². The van der Waals surface area contributed by atoms with Crippen molar-refractivity contribution in [1.82, 2.24) is 15.1 Å². The minimum atomic E-state index is -4.26. The fraction of sp³-hybridized carbons (Fsp3) is 0.750. The fourth-order valence-electron chi connectivity index (χ4n) is 1.60. The third kappa shape index (κ3) is 6.07. The first kappa shape index (κ1) is 16.0. The Bertz CT molecular complexity index is 379. The molecule has 0 aliphatic heterocycles. The Kier molecular flexibility index (Phi) is 5.81. The van der Waals surface area contributed by atoms with Crippen LogP contribution in [-0.4, -0.2) is 41.8 Å².